The zero-order valence-electron chi connectivity index (χ0n) is 12.1. The molecule has 1 fully saturated rings. The fourth-order valence-electron chi connectivity index (χ4n) is 2.90. The monoisotopic (exact) mass is 292 g/mol. The second kappa shape index (κ2) is 4.95. The Labute approximate surface area is 122 Å². The Balaban J connectivity index is 1.82. The van der Waals surface area contributed by atoms with Crippen molar-refractivity contribution in [2.45, 2.75) is 39.0 Å². The molecule has 6 heteroatoms. The van der Waals surface area contributed by atoms with Crippen molar-refractivity contribution >= 4 is 27.4 Å². The summed E-state index contributed by atoms with van der Waals surface area (Å²) in [7, 11) is 0. The lowest BCUT2D eigenvalue weighted by atomic mass is 10.1. The molecule has 0 radical (unpaired) electrons. The van der Waals surface area contributed by atoms with Crippen LogP contribution in [0.1, 0.15) is 26.6 Å². The molecule has 3 heterocycles. The lowest BCUT2D eigenvalue weighted by Gasteiger charge is -2.41. The minimum Gasteiger partial charge on any atom is -0.383 e. The van der Waals surface area contributed by atoms with Crippen LogP contribution in [0.4, 0.5) is 5.82 Å². The summed E-state index contributed by atoms with van der Waals surface area (Å²) >= 11 is 1.60. The van der Waals surface area contributed by atoms with Crippen molar-refractivity contribution < 1.29 is 4.74 Å². The van der Waals surface area contributed by atoms with Crippen LogP contribution in [0.2, 0.25) is 0 Å². The van der Waals surface area contributed by atoms with Crippen molar-refractivity contribution in [2.24, 2.45) is 0 Å². The fraction of sp³-hybridized carbons (Fsp3) is 0.571. The summed E-state index contributed by atoms with van der Waals surface area (Å²) in [6.07, 6.45) is 0.224. The molecule has 0 spiro atoms. The summed E-state index contributed by atoms with van der Waals surface area (Å²) in [6.45, 7) is 8.83. The number of rotatable bonds is 2. The average Bonchev–Trinajstić information content (AvgIpc) is 2.74. The number of nitrogen functional groups attached to an aromatic ring is 1. The van der Waals surface area contributed by atoms with E-state index in [-0.39, 0.29) is 11.7 Å². The molecule has 2 aromatic heterocycles. The zero-order valence-corrected chi connectivity index (χ0v) is 12.9. The van der Waals surface area contributed by atoms with Crippen molar-refractivity contribution in [3.63, 3.8) is 0 Å². The highest BCUT2D eigenvalue weighted by atomic mass is 32.1. The van der Waals surface area contributed by atoms with Gasteiger partial charge in [-0.1, -0.05) is 0 Å². The summed E-state index contributed by atoms with van der Waals surface area (Å²) in [4.78, 5) is 12.3. The Morgan fingerprint density at radius 3 is 3.05 bits per heavy atom. The van der Waals surface area contributed by atoms with E-state index >= 15 is 0 Å². The van der Waals surface area contributed by atoms with E-state index in [4.69, 9.17) is 10.5 Å². The van der Waals surface area contributed by atoms with Gasteiger partial charge in [-0.15, -0.1) is 11.3 Å². The number of anilines is 1. The summed E-state index contributed by atoms with van der Waals surface area (Å²) in [6, 6.07) is 1.97. The predicted molar refractivity (Wildman–Crippen MR) is 81.7 cm³/mol. The summed E-state index contributed by atoms with van der Waals surface area (Å²) in [5, 5.41) is 2.95. The van der Waals surface area contributed by atoms with E-state index in [0.29, 0.717) is 5.82 Å². The van der Waals surface area contributed by atoms with E-state index in [0.717, 1.165) is 35.7 Å². The third-order valence-corrected chi connectivity index (χ3v) is 4.21. The van der Waals surface area contributed by atoms with E-state index in [1.54, 1.807) is 11.3 Å². The highest BCUT2D eigenvalue weighted by Gasteiger charge is 2.31. The summed E-state index contributed by atoms with van der Waals surface area (Å²) in [5.74, 6) is 1.37. The third kappa shape index (κ3) is 2.77. The Morgan fingerprint density at radius 1 is 1.50 bits per heavy atom. The molecular formula is C14H20N4OS. The predicted octanol–water partition coefficient (Wildman–Crippen LogP) is 2.27. The van der Waals surface area contributed by atoms with Gasteiger partial charge in [-0.3, -0.25) is 4.90 Å². The Bertz CT molecular complexity index is 625. The van der Waals surface area contributed by atoms with Crippen molar-refractivity contribution in [3.8, 4) is 0 Å². The van der Waals surface area contributed by atoms with E-state index in [2.05, 4.69) is 35.6 Å². The number of thiophene rings is 1. The van der Waals surface area contributed by atoms with Gasteiger partial charge in [0.05, 0.1) is 23.6 Å². The SMILES string of the molecule is CC1CN(Cc2nc(N)c3ccsc3n2)CC(C)(C)O1. The number of aromatic nitrogens is 2. The molecule has 0 aromatic carbocycles. The minimum absolute atomic E-state index is 0.129. The van der Waals surface area contributed by atoms with Gasteiger partial charge in [-0.05, 0) is 32.2 Å². The number of nitrogens with two attached hydrogens (primary N) is 1. The number of nitrogens with zero attached hydrogens (tertiary/aromatic N) is 3. The maximum atomic E-state index is 6.00. The van der Waals surface area contributed by atoms with Crippen LogP contribution >= 0.6 is 11.3 Å². The lowest BCUT2D eigenvalue weighted by Crippen LogP contribution is -2.51. The van der Waals surface area contributed by atoms with Gasteiger partial charge < -0.3 is 10.5 Å². The van der Waals surface area contributed by atoms with Crippen molar-refractivity contribution in [1.29, 1.82) is 0 Å². The first-order valence-electron chi connectivity index (χ1n) is 6.83. The van der Waals surface area contributed by atoms with Crippen molar-refractivity contribution in [2.75, 3.05) is 18.8 Å². The van der Waals surface area contributed by atoms with Crippen LogP contribution in [0.25, 0.3) is 10.2 Å². The number of hydrogen-bond acceptors (Lipinski definition) is 6. The smallest absolute Gasteiger partial charge is 0.146 e. The Hall–Kier alpha value is -1.24. The van der Waals surface area contributed by atoms with Crippen LogP contribution in [0.3, 0.4) is 0 Å². The fourth-order valence-corrected chi connectivity index (χ4v) is 3.69. The molecule has 1 aliphatic rings. The number of hydrogen-bond donors (Lipinski definition) is 1. The second-order valence-corrected chi connectivity index (χ2v) is 6.92. The molecule has 0 bridgehead atoms. The minimum atomic E-state index is -0.129. The first-order valence-corrected chi connectivity index (χ1v) is 7.71. The van der Waals surface area contributed by atoms with Gasteiger partial charge in [-0.25, -0.2) is 9.97 Å². The summed E-state index contributed by atoms with van der Waals surface area (Å²) < 4.78 is 5.92. The first kappa shape index (κ1) is 13.7. The number of fused-ring (bicyclic) bond motifs is 1. The normalized spacial score (nSPS) is 23.2. The van der Waals surface area contributed by atoms with Gasteiger partial charge in [0.1, 0.15) is 16.5 Å². The molecule has 2 aromatic rings. The molecule has 2 N–H and O–H groups in total. The van der Waals surface area contributed by atoms with Crippen molar-refractivity contribution in [3.05, 3.63) is 17.3 Å². The van der Waals surface area contributed by atoms with E-state index < -0.39 is 0 Å². The highest BCUT2D eigenvalue weighted by Crippen LogP contribution is 2.25. The van der Waals surface area contributed by atoms with Crippen LogP contribution < -0.4 is 5.73 Å². The molecule has 0 saturated carbocycles. The third-order valence-electron chi connectivity index (χ3n) is 3.41. The van der Waals surface area contributed by atoms with Crippen LogP contribution in [-0.2, 0) is 11.3 Å². The van der Waals surface area contributed by atoms with Gasteiger partial charge in [-0.2, -0.15) is 0 Å². The zero-order chi connectivity index (χ0) is 14.3. The Morgan fingerprint density at radius 2 is 2.30 bits per heavy atom. The maximum Gasteiger partial charge on any atom is 0.146 e. The average molecular weight is 292 g/mol. The quantitative estimate of drug-likeness (QED) is 0.920. The largest absolute Gasteiger partial charge is 0.383 e. The molecule has 0 amide bonds. The molecule has 20 heavy (non-hydrogen) atoms. The molecule has 1 atom stereocenters. The molecule has 1 saturated heterocycles. The molecule has 5 nitrogen and oxygen atoms in total. The van der Waals surface area contributed by atoms with E-state index in [1.165, 1.54) is 0 Å². The standard InChI is InChI=1S/C14H20N4OS/c1-9-6-18(8-14(2,3)19-9)7-11-16-12(15)10-4-5-20-13(10)17-11/h4-5,9H,6-8H2,1-3H3,(H2,15,16,17). The highest BCUT2D eigenvalue weighted by molar-refractivity contribution is 7.16. The molecule has 108 valence electrons. The molecule has 1 unspecified atom stereocenters. The van der Waals surface area contributed by atoms with Gasteiger partial charge in [0.25, 0.3) is 0 Å². The number of morpholine rings is 1. The first-order chi connectivity index (χ1) is 9.43. The van der Waals surface area contributed by atoms with Crippen LogP contribution in [0.5, 0.6) is 0 Å². The maximum absolute atomic E-state index is 6.00. The summed E-state index contributed by atoms with van der Waals surface area (Å²) in [5.41, 5.74) is 5.87. The van der Waals surface area contributed by atoms with Crippen LogP contribution in [-0.4, -0.2) is 39.7 Å². The molecular weight excluding hydrogens is 272 g/mol. The van der Waals surface area contributed by atoms with Gasteiger partial charge >= 0.3 is 0 Å². The van der Waals surface area contributed by atoms with Gasteiger partial charge in [0, 0.05) is 13.1 Å². The van der Waals surface area contributed by atoms with Crippen LogP contribution in [0, 0.1) is 0 Å². The Kier molecular flexibility index (Phi) is 3.40. The molecule has 3 rings (SSSR count). The van der Waals surface area contributed by atoms with E-state index in [1.807, 2.05) is 11.4 Å². The van der Waals surface area contributed by atoms with Gasteiger partial charge in [0.15, 0.2) is 0 Å². The second-order valence-electron chi connectivity index (χ2n) is 6.02. The topological polar surface area (TPSA) is 64.3 Å². The van der Waals surface area contributed by atoms with E-state index in [9.17, 15) is 0 Å². The van der Waals surface area contributed by atoms with Crippen LogP contribution in [0.15, 0.2) is 11.4 Å². The van der Waals surface area contributed by atoms with Crippen molar-refractivity contribution in [1.82, 2.24) is 14.9 Å². The van der Waals surface area contributed by atoms with Gasteiger partial charge in [0.2, 0.25) is 0 Å². The molecule has 0 aliphatic carbocycles. The molecule has 1 aliphatic heterocycles. The lowest BCUT2D eigenvalue weighted by molar-refractivity contribution is -0.131. The number of ether oxygens (including phenoxy) is 1.